The summed E-state index contributed by atoms with van der Waals surface area (Å²) in [7, 11) is 0. The number of ether oxygens (including phenoxy) is 2. The molecule has 1 fully saturated rings. The predicted octanol–water partition coefficient (Wildman–Crippen LogP) is 4.68. The van der Waals surface area contributed by atoms with Crippen molar-refractivity contribution in [2.24, 2.45) is 5.92 Å². The molecule has 220 valence electrons. The third-order valence-electron chi connectivity index (χ3n) is 7.41. The summed E-state index contributed by atoms with van der Waals surface area (Å²) in [5.41, 5.74) is 0.626. The minimum atomic E-state index is -1.10. The van der Waals surface area contributed by atoms with Gasteiger partial charge in [-0.15, -0.1) is 0 Å². The van der Waals surface area contributed by atoms with Crippen molar-refractivity contribution >= 4 is 50.9 Å². The van der Waals surface area contributed by atoms with E-state index in [1.54, 1.807) is 38.9 Å². The van der Waals surface area contributed by atoms with Crippen LogP contribution < -0.4 is 15.0 Å². The lowest BCUT2D eigenvalue weighted by Crippen LogP contribution is -2.57. The Hall–Kier alpha value is -3.26. The highest BCUT2D eigenvalue weighted by molar-refractivity contribution is 9.10. The number of nitrogens with zero attached hydrogens (tertiary/aromatic N) is 5. The van der Waals surface area contributed by atoms with Crippen LogP contribution in [0.3, 0.4) is 0 Å². The minimum Gasteiger partial charge on any atom is -0.465 e. The molecule has 14 heteroatoms. The predicted molar refractivity (Wildman–Crippen MR) is 155 cm³/mol. The lowest BCUT2D eigenvalue weighted by molar-refractivity contribution is -0.139. The van der Waals surface area contributed by atoms with Crippen LogP contribution in [0, 0.1) is 11.3 Å². The number of piperidine rings is 1. The second-order valence-corrected chi connectivity index (χ2v) is 13.2. The first kappa shape index (κ1) is 29.2. The van der Waals surface area contributed by atoms with E-state index in [0.717, 1.165) is 28.6 Å². The largest absolute Gasteiger partial charge is 0.465 e. The average molecular weight is 649 g/mol. The Morgan fingerprint density at radius 2 is 2.05 bits per heavy atom. The van der Waals surface area contributed by atoms with Crippen molar-refractivity contribution in [2.75, 3.05) is 19.9 Å². The summed E-state index contributed by atoms with van der Waals surface area (Å²) in [6, 6.07) is 3.00. The van der Waals surface area contributed by atoms with Crippen LogP contribution in [0.1, 0.15) is 47.0 Å². The molecule has 2 aromatic heterocycles. The molecule has 0 bridgehead atoms. The molecule has 12 nitrogen and oxygen atoms in total. The number of carbonyl (C=O) groups excluding carboxylic acids is 1. The topological polar surface area (TPSA) is 150 Å². The number of likely N-dealkylation sites (tertiary alicyclic amines) is 1. The quantitative estimate of drug-likeness (QED) is 0.335. The van der Waals surface area contributed by atoms with Crippen molar-refractivity contribution in [1.29, 1.82) is 5.41 Å². The first-order valence-corrected chi connectivity index (χ1v) is 15.1. The van der Waals surface area contributed by atoms with Crippen LogP contribution in [0.5, 0.6) is 11.5 Å². The van der Waals surface area contributed by atoms with Crippen LogP contribution in [0.25, 0.3) is 11.2 Å². The van der Waals surface area contributed by atoms with Crippen molar-refractivity contribution in [1.82, 2.24) is 29.3 Å². The summed E-state index contributed by atoms with van der Waals surface area (Å²) >= 11 is 5.00. The van der Waals surface area contributed by atoms with Crippen molar-refractivity contribution in [2.45, 2.75) is 75.1 Å². The van der Waals surface area contributed by atoms with E-state index in [9.17, 15) is 14.7 Å². The van der Waals surface area contributed by atoms with E-state index in [1.165, 1.54) is 16.7 Å². The molecule has 0 aliphatic carbocycles. The molecule has 1 aromatic carbocycles. The molecule has 2 amide bonds. The number of nitrogens with one attached hydrogen (secondary N) is 2. The standard InChI is InChI=1S/C27H34BrN7O5S/c1-15(35(26(37)38)27(2,3)4)24(36)33-8-5-6-16(12-33)7-9-34-13-30-22(29)21-23(34)32-25(31-21)41-20-11-19-18(10-17(20)28)39-14-40-19/h10-11,13,15-16,29H,5-9,12,14H2,1-4H3,(H,31,32)(H,37,38)/t15-,16?/m0/s1. The zero-order valence-corrected chi connectivity index (χ0v) is 25.8. The number of fused-ring (bicyclic) bond motifs is 2. The second-order valence-electron chi connectivity index (χ2n) is 11.3. The second kappa shape index (κ2) is 11.6. The molecule has 0 radical (unpaired) electrons. The summed E-state index contributed by atoms with van der Waals surface area (Å²) in [5, 5.41) is 18.7. The van der Waals surface area contributed by atoms with Gasteiger partial charge < -0.3 is 29.0 Å². The molecule has 41 heavy (non-hydrogen) atoms. The molecule has 3 N–H and O–H groups in total. The minimum absolute atomic E-state index is 0.116. The number of amides is 2. The zero-order chi connectivity index (χ0) is 29.5. The van der Waals surface area contributed by atoms with Crippen molar-refractivity contribution in [3.63, 3.8) is 0 Å². The van der Waals surface area contributed by atoms with Gasteiger partial charge in [-0.2, -0.15) is 0 Å². The first-order valence-electron chi connectivity index (χ1n) is 13.5. The van der Waals surface area contributed by atoms with Gasteiger partial charge in [0, 0.05) is 34.5 Å². The fourth-order valence-corrected chi connectivity index (χ4v) is 6.87. The number of H-pyrrole nitrogens is 1. The van der Waals surface area contributed by atoms with Gasteiger partial charge >= 0.3 is 6.09 Å². The maximum Gasteiger partial charge on any atom is 0.408 e. The number of imidazole rings is 1. The Bertz CT molecular complexity index is 1530. The van der Waals surface area contributed by atoms with Crippen LogP contribution in [-0.4, -0.2) is 77.9 Å². The molecule has 4 heterocycles. The molecule has 1 unspecified atom stereocenters. The number of aromatic amines is 1. The van der Waals surface area contributed by atoms with Crippen molar-refractivity contribution in [3.8, 4) is 11.5 Å². The molecule has 2 aliphatic heterocycles. The number of halogens is 1. The number of hydrogen-bond acceptors (Lipinski definition) is 8. The average Bonchev–Trinajstić information content (AvgIpc) is 3.54. The Morgan fingerprint density at radius 3 is 2.76 bits per heavy atom. The van der Waals surface area contributed by atoms with Crippen LogP contribution in [0.15, 0.2) is 33.0 Å². The summed E-state index contributed by atoms with van der Waals surface area (Å²) in [4.78, 5) is 41.4. The molecular formula is C27H34BrN7O5S. The molecule has 3 aromatic rings. The van der Waals surface area contributed by atoms with Crippen molar-refractivity contribution < 1.29 is 24.2 Å². The third kappa shape index (κ3) is 6.17. The molecule has 5 rings (SSSR count). The fraction of sp³-hybridized carbons (Fsp3) is 0.519. The Kier molecular flexibility index (Phi) is 8.24. The van der Waals surface area contributed by atoms with Gasteiger partial charge in [0.1, 0.15) is 11.6 Å². The number of carbonyl (C=O) groups is 2. The molecule has 1 saturated heterocycles. The van der Waals surface area contributed by atoms with Gasteiger partial charge in [-0.1, -0.05) is 11.8 Å². The summed E-state index contributed by atoms with van der Waals surface area (Å²) < 4.78 is 13.7. The van der Waals surface area contributed by atoms with E-state index < -0.39 is 17.7 Å². The number of benzene rings is 1. The number of carboxylic acid groups (broad SMARTS) is 1. The van der Waals surface area contributed by atoms with Gasteiger partial charge in [-0.3, -0.25) is 15.1 Å². The Morgan fingerprint density at radius 1 is 1.32 bits per heavy atom. The lowest BCUT2D eigenvalue weighted by Gasteiger charge is -2.41. The number of rotatable bonds is 7. The highest BCUT2D eigenvalue weighted by atomic mass is 79.9. The number of aryl methyl sites for hydroxylation is 1. The van der Waals surface area contributed by atoms with E-state index in [1.807, 2.05) is 16.7 Å². The van der Waals surface area contributed by atoms with Gasteiger partial charge in [0.15, 0.2) is 27.8 Å². The summed E-state index contributed by atoms with van der Waals surface area (Å²) in [6.07, 6.45) is 3.18. The highest BCUT2D eigenvalue weighted by Gasteiger charge is 2.37. The SMILES string of the molecule is C[C@@H](C(=O)N1CCCC(CCn2cnc(=N)c3[nH]c(Sc4cc5c(cc4Br)OCO5)nc32)C1)N(C(=O)O)C(C)(C)C. The smallest absolute Gasteiger partial charge is 0.408 e. The van der Waals surface area contributed by atoms with Crippen LogP contribution >= 0.6 is 27.7 Å². The summed E-state index contributed by atoms with van der Waals surface area (Å²) in [5.74, 6) is 1.45. The van der Waals surface area contributed by atoms with E-state index in [2.05, 4.69) is 25.9 Å². The van der Waals surface area contributed by atoms with Gasteiger partial charge in [0.25, 0.3) is 0 Å². The molecular weight excluding hydrogens is 614 g/mol. The molecule has 0 saturated carbocycles. The van der Waals surface area contributed by atoms with E-state index in [-0.39, 0.29) is 24.1 Å². The summed E-state index contributed by atoms with van der Waals surface area (Å²) in [6.45, 7) is 9.07. The van der Waals surface area contributed by atoms with Gasteiger partial charge in [-0.05, 0) is 80.9 Å². The van der Waals surface area contributed by atoms with Gasteiger partial charge in [0.05, 0.1) is 6.33 Å². The maximum absolute atomic E-state index is 13.3. The Balaban J connectivity index is 1.28. The van der Waals surface area contributed by atoms with Crippen molar-refractivity contribution in [3.05, 3.63) is 28.4 Å². The maximum atomic E-state index is 13.3. The van der Waals surface area contributed by atoms with Crippen LogP contribution in [0.4, 0.5) is 4.79 Å². The monoisotopic (exact) mass is 647 g/mol. The highest BCUT2D eigenvalue weighted by Crippen LogP contribution is 2.42. The molecule has 2 aliphatic rings. The van der Waals surface area contributed by atoms with E-state index in [0.29, 0.717) is 47.5 Å². The van der Waals surface area contributed by atoms with Gasteiger partial charge in [-0.25, -0.2) is 14.8 Å². The van der Waals surface area contributed by atoms with Crippen LogP contribution in [-0.2, 0) is 11.3 Å². The lowest BCUT2D eigenvalue weighted by atomic mass is 9.94. The van der Waals surface area contributed by atoms with E-state index in [4.69, 9.17) is 19.9 Å². The van der Waals surface area contributed by atoms with E-state index >= 15 is 0 Å². The van der Waals surface area contributed by atoms with Gasteiger partial charge in [0.2, 0.25) is 12.7 Å². The number of hydrogen-bond donors (Lipinski definition) is 3. The molecule has 0 spiro atoms. The zero-order valence-electron chi connectivity index (χ0n) is 23.4. The fourth-order valence-electron chi connectivity index (χ4n) is 5.49. The Labute approximate surface area is 250 Å². The third-order valence-corrected chi connectivity index (χ3v) is 9.28. The normalized spacial score (nSPS) is 17.6. The molecule has 2 atom stereocenters. The van der Waals surface area contributed by atoms with Crippen LogP contribution in [0.2, 0.25) is 0 Å². The number of aromatic nitrogens is 4. The first-order chi connectivity index (χ1) is 19.4.